The van der Waals surface area contributed by atoms with E-state index in [1.54, 1.807) is 0 Å². The topological polar surface area (TPSA) is 21.3 Å². The van der Waals surface area contributed by atoms with Gasteiger partial charge >= 0.3 is 0 Å². The normalized spacial score (nSPS) is 15.2. The Morgan fingerprint density at radius 3 is 2.47 bits per heavy atom. The molecular weight excluding hydrogens is 186 g/mol. The summed E-state index contributed by atoms with van der Waals surface area (Å²) in [6.45, 7) is 13.0. The summed E-state index contributed by atoms with van der Waals surface area (Å²) >= 11 is 0. The second-order valence-corrected chi connectivity index (χ2v) is 4.64. The van der Waals surface area contributed by atoms with Crippen LogP contribution in [0.5, 0.6) is 0 Å². The third-order valence-electron chi connectivity index (χ3n) is 3.11. The first-order chi connectivity index (χ1) is 7.18. The Hall–Kier alpha value is -0.0800. The lowest BCUT2D eigenvalue weighted by molar-refractivity contribution is 0.128. The highest BCUT2D eigenvalue weighted by atomic mass is 16.5. The highest BCUT2D eigenvalue weighted by Gasteiger charge is 2.20. The molecule has 0 aromatic rings. The molecule has 0 spiro atoms. The third-order valence-corrected chi connectivity index (χ3v) is 3.11. The van der Waals surface area contributed by atoms with Crippen molar-refractivity contribution in [2.75, 3.05) is 26.3 Å². The molecule has 0 aromatic carbocycles. The van der Waals surface area contributed by atoms with Crippen LogP contribution in [-0.2, 0) is 4.74 Å². The van der Waals surface area contributed by atoms with Crippen molar-refractivity contribution in [3.8, 4) is 0 Å². The number of ether oxygens (including phenoxy) is 1. The molecule has 0 aliphatic rings. The van der Waals surface area contributed by atoms with E-state index in [0.29, 0.717) is 5.41 Å². The Balaban J connectivity index is 3.65. The van der Waals surface area contributed by atoms with E-state index in [4.69, 9.17) is 4.74 Å². The number of hydrogen-bond acceptors (Lipinski definition) is 2. The van der Waals surface area contributed by atoms with E-state index in [2.05, 4.69) is 33.0 Å². The van der Waals surface area contributed by atoms with Crippen LogP contribution in [0, 0.1) is 5.41 Å². The van der Waals surface area contributed by atoms with Gasteiger partial charge in [-0.3, -0.25) is 0 Å². The van der Waals surface area contributed by atoms with Gasteiger partial charge in [-0.2, -0.15) is 0 Å². The minimum Gasteiger partial charge on any atom is -0.382 e. The number of rotatable bonds is 10. The molecule has 0 heterocycles. The molecule has 2 heteroatoms. The quantitative estimate of drug-likeness (QED) is 0.565. The van der Waals surface area contributed by atoms with Crippen molar-refractivity contribution in [3.63, 3.8) is 0 Å². The molecule has 0 fully saturated rings. The molecule has 1 unspecified atom stereocenters. The van der Waals surface area contributed by atoms with Crippen LogP contribution in [0.2, 0.25) is 0 Å². The van der Waals surface area contributed by atoms with Crippen LogP contribution in [0.15, 0.2) is 0 Å². The maximum absolute atomic E-state index is 5.38. The maximum atomic E-state index is 5.38. The van der Waals surface area contributed by atoms with Gasteiger partial charge in [0.15, 0.2) is 0 Å². The number of nitrogens with one attached hydrogen (secondary N) is 1. The lowest BCUT2D eigenvalue weighted by atomic mass is 9.83. The van der Waals surface area contributed by atoms with Gasteiger partial charge in [-0.25, -0.2) is 0 Å². The number of hydrogen-bond donors (Lipinski definition) is 1. The van der Waals surface area contributed by atoms with Crippen molar-refractivity contribution in [1.82, 2.24) is 5.32 Å². The van der Waals surface area contributed by atoms with Gasteiger partial charge in [-0.15, -0.1) is 0 Å². The monoisotopic (exact) mass is 215 g/mol. The lowest BCUT2D eigenvalue weighted by Crippen LogP contribution is -2.32. The van der Waals surface area contributed by atoms with Crippen LogP contribution in [0.25, 0.3) is 0 Å². The van der Waals surface area contributed by atoms with Gasteiger partial charge in [-0.1, -0.05) is 20.8 Å². The summed E-state index contributed by atoms with van der Waals surface area (Å²) < 4.78 is 5.38. The highest BCUT2D eigenvalue weighted by Crippen LogP contribution is 2.26. The molecule has 0 aromatic heterocycles. The van der Waals surface area contributed by atoms with Gasteiger partial charge in [0, 0.05) is 19.8 Å². The average molecular weight is 215 g/mol. The van der Waals surface area contributed by atoms with E-state index < -0.39 is 0 Å². The van der Waals surface area contributed by atoms with Crippen LogP contribution >= 0.6 is 0 Å². The predicted octanol–water partition coefficient (Wildman–Crippen LogP) is 3.22. The fourth-order valence-corrected chi connectivity index (χ4v) is 1.70. The van der Waals surface area contributed by atoms with Gasteiger partial charge in [0.25, 0.3) is 0 Å². The van der Waals surface area contributed by atoms with Crippen molar-refractivity contribution < 1.29 is 4.74 Å². The Kier molecular flexibility index (Phi) is 9.12. The van der Waals surface area contributed by atoms with Gasteiger partial charge < -0.3 is 10.1 Å². The van der Waals surface area contributed by atoms with Crippen LogP contribution in [0.1, 0.15) is 53.4 Å². The Labute approximate surface area is 95.8 Å². The fourth-order valence-electron chi connectivity index (χ4n) is 1.70. The summed E-state index contributed by atoms with van der Waals surface area (Å²) in [5, 5.41) is 3.53. The minimum atomic E-state index is 0.451. The maximum Gasteiger partial charge on any atom is 0.0466 e. The van der Waals surface area contributed by atoms with Crippen LogP contribution in [0.3, 0.4) is 0 Å². The molecule has 0 radical (unpaired) electrons. The van der Waals surface area contributed by atoms with Crippen molar-refractivity contribution in [1.29, 1.82) is 0 Å². The molecule has 15 heavy (non-hydrogen) atoms. The van der Waals surface area contributed by atoms with E-state index in [9.17, 15) is 0 Å². The second kappa shape index (κ2) is 9.17. The first-order valence-electron chi connectivity index (χ1n) is 6.47. The Morgan fingerprint density at radius 1 is 1.20 bits per heavy atom. The SMILES string of the molecule is CCCNCC(C)(CC)CCCOCC. The van der Waals surface area contributed by atoms with E-state index in [1.165, 1.54) is 25.7 Å². The first-order valence-corrected chi connectivity index (χ1v) is 6.47. The van der Waals surface area contributed by atoms with Gasteiger partial charge in [0.1, 0.15) is 0 Å². The molecule has 0 bridgehead atoms. The summed E-state index contributed by atoms with van der Waals surface area (Å²) in [5.41, 5.74) is 0.451. The molecule has 1 atom stereocenters. The molecular formula is C13H29NO. The first kappa shape index (κ1) is 14.9. The molecule has 92 valence electrons. The van der Waals surface area contributed by atoms with Crippen molar-refractivity contribution >= 4 is 0 Å². The summed E-state index contributed by atoms with van der Waals surface area (Å²) in [5.74, 6) is 0. The van der Waals surface area contributed by atoms with Crippen LogP contribution in [0.4, 0.5) is 0 Å². The zero-order chi connectivity index (χ0) is 11.6. The van der Waals surface area contributed by atoms with Crippen LogP contribution < -0.4 is 5.32 Å². The van der Waals surface area contributed by atoms with Gasteiger partial charge in [0.2, 0.25) is 0 Å². The van der Waals surface area contributed by atoms with Crippen molar-refractivity contribution in [2.45, 2.75) is 53.4 Å². The molecule has 0 aliphatic heterocycles. The molecule has 0 saturated carbocycles. The van der Waals surface area contributed by atoms with Crippen LogP contribution in [-0.4, -0.2) is 26.3 Å². The molecule has 0 saturated heterocycles. The zero-order valence-corrected chi connectivity index (χ0v) is 11.1. The summed E-state index contributed by atoms with van der Waals surface area (Å²) in [7, 11) is 0. The summed E-state index contributed by atoms with van der Waals surface area (Å²) in [6.07, 6.45) is 4.92. The Morgan fingerprint density at radius 2 is 1.93 bits per heavy atom. The highest BCUT2D eigenvalue weighted by molar-refractivity contribution is 4.75. The van der Waals surface area contributed by atoms with Crippen molar-refractivity contribution in [3.05, 3.63) is 0 Å². The molecule has 1 N–H and O–H groups in total. The summed E-state index contributed by atoms with van der Waals surface area (Å²) in [6, 6.07) is 0. The zero-order valence-electron chi connectivity index (χ0n) is 11.1. The smallest absolute Gasteiger partial charge is 0.0466 e. The third kappa shape index (κ3) is 7.80. The molecule has 2 nitrogen and oxygen atoms in total. The second-order valence-electron chi connectivity index (χ2n) is 4.64. The van der Waals surface area contributed by atoms with Gasteiger partial charge in [-0.05, 0) is 44.6 Å². The Bertz CT molecular complexity index is 138. The standard InChI is InChI=1S/C13H29NO/c1-5-10-14-12-13(4,6-2)9-8-11-15-7-3/h14H,5-12H2,1-4H3. The van der Waals surface area contributed by atoms with E-state index >= 15 is 0 Å². The summed E-state index contributed by atoms with van der Waals surface area (Å²) in [4.78, 5) is 0. The molecule has 0 aliphatic carbocycles. The van der Waals surface area contributed by atoms with E-state index in [-0.39, 0.29) is 0 Å². The fraction of sp³-hybridized carbons (Fsp3) is 1.00. The van der Waals surface area contributed by atoms with E-state index in [0.717, 1.165) is 26.3 Å². The molecule has 0 amide bonds. The van der Waals surface area contributed by atoms with E-state index in [1.807, 2.05) is 0 Å². The minimum absolute atomic E-state index is 0.451. The lowest BCUT2D eigenvalue weighted by Gasteiger charge is -2.28. The predicted molar refractivity (Wildman–Crippen MR) is 67.3 cm³/mol. The molecule has 0 rings (SSSR count). The van der Waals surface area contributed by atoms with Gasteiger partial charge in [0.05, 0.1) is 0 Å². The average Bonchev–Trinajstić information content (AvgIpc) is 2.25. The largest absolute Gasteiger partial charge is 0.382 e. The van der Waals surface area contributed by atoms with Crippen molar-refractivity contribution in [2.24, 2.45) is 5.41 Å².